The Hall–Kier alpha value is -1.12. The predicted octanol–water partition coefficient (Wildman–Crippen LogP) is 2.69. The molecule has 0 bridgehead atoms. The number of aromatic nitrogens is 1. The molecule has 1 aromatic heterocycles. The van der Waals surface area contributed by atoms with Crippen molar-refractivity contribution in [2.24, 2.45) is 0 Å². The van der Waals surface area contributed by atoms with Gasteiger partial charge in [-0.1, -0.05) is 6.07 Å². The minimum Gasteiger partial charge on any atom is -0.364 e. The van der Waals surface area contributed by atoms with Crippen LogP contribution in [0.15, 0.2) is 18.2 Å². The Bertz CT molecular complexity index is 314. The highest BCUT2D eigenvalue weighted by Crippen LogP contribution is 2.24. The van der Waals surface area contributed by atoms with Crippen LogP contribution in [0.3, 0.4) is 0 Å². The van der Waals surface area contributed by atoms with Crippen molar-refractivity contribution in [3.05, 3.63) is 23.9 Å². The van der Waals surface area contributed by atoms with Gasteiger partial charge in [-0.05, 0) is 38.3 Å². The molecule has 1 fully saturated rings. The number of hydrogen-bond donors (Lipinski definition) is 1. The smallest absolute Gasteiger partial charge is 0.126 e. The Labute approximate surface area is 83.6 Å². The van der Waals surface area contributed by atoms with Gasteiger partial charge in [0.2, 0.25) is 0 Å². The van der Waals surface area contributed by atoms with Gasteiger partial charge in [0.25, 0.3) is 0 Å². The predicted molar refractivity (Wildman–Crippen MR) is 55.1 cm³/mol. The van der Waals surface area contributed by atoms with E-state index in [1.54, 1.807) is 0 Å². The van der Waals surface area contributed by atoms with Crippen molar-refractivity contribution in [1.29, 1.82) is 0 Å². The molecule has 2 nitrogen and oxygen atoms in total. The third-order valence-electron chi connectivity index (χ3n) is 2.65. The van der Waals surface area contributed by atoms with Gasteiger partial charge in [-0.15, -0.1) is 0 Å². The molecule has 0 aromatic carbocycles. The van der Waals surface area contributed by atoms with Crippen LogP contribution in [0.4, 0.5) is 10.2 Å². The number of alkyl halides is 1. The minimum absolute atomic E-state index is 0.0377. The van der Waals surface area contributed by atoms with E-state index in [0.717, 1.165) is 24.4 Å². The van der Waals surface area contributed by atoms with Gasteiger partial charge >= 0.3 is 0 Å². The van der Waals surface area contributed by atoms with Crippen LogP contribution in [-0.2, 0) is 0 Å². The van der Waals surface area contributed by atoms with E-state index in [4.69, 9.17) is 0 Å². The number of aryl methyl sites for hydroxylation is 1. The Morgan fingerprint density at radius 2 is 2.29 bits per heavy atom. The molecule has 1 aromatic rings. The Morgan fingerprint density at radius 3 is 2.93 bits per heavy atom. The van der Waals surface area contributed by atoms with Crippen LogP contribution >= 0.6 is 0 Å². The third kappa shape index (κ3) is 2.03. The molecule has 0 amide bonds. The molecular formula is C11H15FN2. The number of hydrogen-bond acceptors (Lipinski definition) is 2. The lowest BCUT2D eigenvalue weighted by molar-refractivity contribution is 0.323. The van der Waals surface area contributed by atoms with Gasteiger partial charge in [0.15, 0.2) is 0 Å². The highest BCUT2D eigenvalue weighted by Gasteiger charge is 2.26. The SMILES string of the molecule is Cc1cccc(N[C@@H]2CCC[C@@H]2F)n1. The van der Waals surface area contributed by atoms with Crippen LogP contribution < -0.4 is 5.32 Å². The van der Waals surface area contributed by atoms with E-state index in [9.17, 15) is 4.39 Å². The van der Waals surface area contributed by atoms with Crippen molar-refractivity contribution in [2.75, 3.05) is 5.32 Å². The fourth-order valence-corrected chi connectivity index (χ4v) is 1.89. The first-order valence-electron chi connectivity index (χ1n) is 5.10. The molecule has 3 heteroatoms. The molecule has 76 valence electrons. The lowest BCUT2D eigenvalue weighted by atomic mass is 10.2. The fourth-order valence-electron chi connectivity index (χ4n) is 1.89. The summed E-state index contributed by atoms with van der Waals surface area (Å²) in [6.07, 6.45) is 1.86. The van der Waals surface area contributed by atoms with Crippen LogP contribution in [0.1, 0.15) is 25.0 Å². The van der Waals surface area contributed by atoms with Gasteiger partial charge in [-0.25, -0.2) is 9.37 Å². The summed E-state index contributed by atoms with van der Waals surface area (Å²) in [5.74, 6) is 0.791. The van der Waals surface area contributed by atoms with Crippen molar-refractivity contribution < 1.29 is 4.39 Å². The summed E-state index contributed by atoms with van der Waals surface area (Å²) in [4.78, 5) is 4.29. The average molecular weight is 194 g/mol. The molecule has 0 saturated heterocycles. The maximum atomic E-state index is 13.3. The number of pyridine rings is 1. The molecule has 2 rings (SSSR count). The number of nitrogens with one attached hydrogen (secondary N) is 1. The first-order chi connectivity index (χ1) is 6.75. The highest BCUT2D eigenvalue weighted by atomic mass is 19.1. The topological polar surface area (TPSA) is 24.9 Å². The van der Waals surface area contributed by atoms with Crippen LogP contribution in [0.5, 0.6) is 0 Å². The second-order valence-electron chi connectivity index (χ2n) is 3.86. The van der Waals surface area contributed by atoms with Gasteiger partial charge in [0.1, 0.15) is 12.0 Å². The van der Waals surface area contributed by atoms with E-state index in [-0.39, 0.29) is 6.04 Å². The number of anilines is 1. The summed E-state index contributed by atoms with van der Waals surface area (Å²) >= 11 is 0. The largest absolute Gasteiger partial charge is 0.364 e. The summed E-state index contributed by atoms with van der Waals surface area (Å²) in [6, 6.07) is 5.72. The van der Waals surface area contributed by atoms with Crippen LogP contribution in [0.2, 0.25) is 0 Å². The van der Waals surface area contributed by atoms with Gasteiger partial charge < -0.3 is 5.32 Å². The zero-order valence-corrected chi connectivity index (χ0v) is 8.33. The van der Waals surface area contributed by atoms with E-state index < -0.39 is 6.17 Å². The zero-order valence-electron chi connectivity index (χ0n) is 8.33. The Kier molecular flexibility index (Phi) is 2.66. The average Bonchev–Trinajstić information content (AvgIpc) is 2.52. The van der Waals surface area contributed by atoms with Crippen molar-refractivity contribution in [2.45, 2.75) is 38.4 Å². The molecule has 1 aliphatic carbocycles. The molecule has 0 radical (unpaired) electrons. The monoisotopic (exact) mass is 194 g/mol. The number of nitrogens with zero attached hydrogens (tertiary/aromatic N) is 1. The van der Waals surface area contributed by atoms with Gasteiger partial charge in [0, 0.05) is 5.69 Å². The minimum atomic E-state index is -0.711. The van der Waals surface area contributed by atoms with Crippen LogP contribution in [-0.4, -0.2) is 17.2 Å². The zero-order chi connectivity index (χ0) is 9.97. The fraction of sp³-hybridized carbons (Fsp3) is 0.545. The summed E-state index contributed by atoms with van der Waals surface area (Å²) in [5, 5.41) is 3.15. The molecule has 1 heterocycles. The van der Waals surface area contributed by atoms with Crippen molar-refractivity contribution in [3.63, 3.8) is 0 Å². The standard InChI is InChI=1S/C11H15FN2/c1-8-4-2-7-11(13-8)14-10-6-3-5-9(10)12/h2,4,7,9-10H,3,5-6H2,1H3,(H,13,14)/t9-,10+/m0/s1. The van der Waals surface area contributed by atoms with Crippen molar-refractivity contribution in [1.82, 2.24) is 4.98 Å². The molecule has 1 saturated carbocycles. The summed E-state index contributed by atoms with van der Waals surface area (Å²) < 4.78 is 13.3. The lowest BCUT2D eigenvalue weighted by Crippen LogP contribution is -2.25. The lowest BCUT2D eigenvalue weighted by Gasteiger charge is -2.15. The first-order valence-corrected chi connectivity index (χ1v) is 5.10. The summed E-state index contributed by atoms with van der Waals surface area (Å²) in [5.41, 5.74) is 0.961. The highest BCUT2D eigenvalue weighted by molar-refractivity contribution is 5.36. The summed E-state index contributed by atoms with van der Waals surface area (Å²) in [7, 11) is 0. The van der Waals surface area contributed by atoms with Gasteiger partial charge in [-0.2, -0.15) is 0 Å². The van der Waals surface area contributed by atoms with Gasteiger partial charge in [0.05, 0.1) is 6.04 Å². The quantitative estimate of drug-likeness (QED) is 0.783. The van der Waals surface area contributed by atoms with Crippen LogP contribution in [0.25, 0.3) is 0 Å². The van der Waals surface area contributed by atoms with E-state index in [1.165, 1.54) is 0 Å². The van der Waals surface area contributed by atoms with E-state index in [1.807, 2.05) is 25.1 Å². The molecule has 2 atom stereocenters. The molecule has 0 aliphatic heterocycles. The molecule has 1 N–H and O–H groups in total. The van der Waals surface area contributed by atoms with E-state index in [2.05, 4.69) is 10.3 Å². The van der Waals surface area contributed by atoms with E-state index in [0.29, 0.717) is 6.42 Å². The molecule has 1 aliphatic rings. The normalized spacial score (nSPS) is 26.4. The second kappa shape index (κ2) is 3.95. The third-order valence-corrected chi connectivity index (χ3v) is 2.65. The Morgan fingerprint density at radius 1 is 1.43 bits per heavy atom. The maximum Gasteiger partial charge on any atom is 0.126 e. The number of halogens is 1. The van der Waals surface area contributed by atoms with Gasteiger partial charge in [-0.3, -0.25) is 0 Å². The molecule has 0 unspecified atom stereocenters. The Balaban J connectivity index is 2.03. The molecular weight excluding hydrogens is 179 g/mol. The molecule has 14 heavy (non-hydrogen) atoms. The number of rotatable bonds is 2. The first kappa shape index (κ1) is 9.44. The molecule has 0 spiro atoms. The maximum absolute atomic E-state index is 13.3. The van der Waals surface area contributed by atoms with E-state index >= 15 is 0 Å². The van der Waals surface area contributed by atoms with Crippen LogP contribution in [0, 0.1) is 6.92 Å². The van der Waals surface area contributed by atoms with Crippen molar-refractivity contribution >= 4 is 5.82 Å². The summed E-state index contributed by atoms with van der Waals surface area (Å²) in [6.45, 7) is 1.94. The second-order valence-corrected chi connectivity index (χ2v) is 3.86. The van der Waals surface area contributed by atoms with Crippen molar-refractivity contribution in [3.8, 4) is 0 Å².